The van der Waals surface area contributed by atoms with Gasteiger partial charge in [0, 0.05) is 0 Å². The number of benzene rings is 3. The fraction of sp³-hybridized carbons (Fsp3) is 0.130. The molecule has 0 aliphatic heterocycles. The molecule has 12 heteroatoms. The van der Waals surface area contributed by atoms with E-state index >= 15 is 0 Å². The summed E-state index contributed by atoms with van der Waals surface area (Å²) in [6, 6.07) is 17.9. The normalized spacial score (nSPS) is 10.9. The molecule has 0 aliphatic carbocycles. The molecule has 3 rings (SSSR count). The van der Waals surface area contributed by atoms with Crippen LogP contribution in [0.3, 0.4) is 0 Å². The Morgan fingerprint density at radius 1 is 0.971 bits per heavy atom. The van der Waals surface area contributed by atoms with Crippen LogP contribution in [0.25, 0.3) is 0 Å². The van der Waals surface area contributed by atoms with Crippen LogP contribution in [-0.2, 0) is 26.2 Å². The predicted molar refractivity (Wildman–Crippen MR) is 122 cm³/mol. The van der Waals surface area contributed by atoms with E-state index in [4.69, 9.17) is 14.2 Å². The van der Waals surface area contributed by atoms with Crippen LogP contribution in [0.1, 0.15) is 15.9 Å². The van der Waals surface area contributed by atoms with Crippen LogP contribution < -0.4 is 14.2 Å². The van der Waals surface area contributed by atoms with Gasteiger partial charge in [0.25, 0.3) is 5.69 Å². The van der Waals surface area contributed by atoms with Crippen molar-refractivity contribution in [2.75, 3.05) is 13.7 Å². The van der Waals surface area contributed by atoms with Gasteiger partial charge in [-0.05, 0) is 42.0 Å². The molecule has 11 nitrogen and oxygen atoms in total. The third kappa shape index (κ3) is 6.85. The lowest BCUT2D eigenvalue weighted by Crippen LogP contribution is -2.31. The molecule has 182 valence electrons. The first kappa shape index (κ1) is 25.3. The maximum absolute atomic E-state index is 12.5. The molecule has 0 amide bonds. The van der Waals surface area contributed by atoms with Crippen molar-refractivity contribution in [3.63, 3.8) is 0 Å². The van der Waals surface area contributed by atoms with Gasteiger partial charge in [-0.3, -0.25) is 14.9 Å². The quantitative estimate of drug-likeness (QED) is 0.192. The summed E-state index contributed by atoms with van der Waals surface area (Å²) in [5, 5.41) is 11.2. The van der Waals surface area contributed by atoms with Crippen molar-refractivity contribution in [2.45, 2.75) is 11.5 Å². The maximum Gasteiger partial charge on any atom is 0.343 e. The minimum absolute atomic E-state index is 0.106. The minimum atomic E-state index is -4.38. The summed E-state index contributed by atoms with van der Waals surface area (Å²) < 4.78 is 42.0. The van der Waals surface area contributed by atoms with Gasteiger partial charge in [0.15, 0.2) is 4.90 Å². The minimum Gasteiger partial charge on any atom is -0.497 e. The largest absolute Gasteiger partial charge is 0.497 e. The Morgan fingerprint density at radius 3 is 2.29 bits per heavy atom. The highest BCUT2D eigenvalue weighted by atomic mass is 32.2. The summed E-state index contributed by atoms with van der Waals surface area (Å²) in [7, 11) is -3.10. The number of esters is 2. The average molecular weight is 500 g/mol. The van der Waals surface area contributed by atoms with E-state index in [1.165, 1.54) is 25.3 Å². The molecule has 0 saturated heterocycles. The zero-order valence-electron chi connectivity index (χ0n) is 18.4. The van der Waals surface area contributed by atoms with E-state index in [1.54, 1.807) is 42.5 Å². The van der Waals surface area contributed by atoms with Crippen molar-refractivity contribution in [1.29, 1.82) is 0 Å². The molecule has 0 unspecified atom stereocenters. The number of para-hydroxylation sites is 1. The van der Waals surface area contributed by atoms with Crippen molar-refractivity contribution >= 4 is 27.6 Å². The van der Waals surface area contributed by atoms with E-state index in [0.29, 0.717) is 11.3 Å². The number of nitro benzene ring substituents is 1. The number of methoxy groups -OCH3 is 1. The lowest BCUT2D eigenvalue weighted by Gasteiger charge is -2.09. The molecule has 35 heavy (non-hydrogen) atoms. The van der Waals surface area contributed by atoms with E-state index in [9.17, 15) is 28.1 Å². The van der Waals surface area contributed by atoms with Crippen molar-refractivity contribution in [2.24, 2.45) is 0 Å². The Kier molecular flexibility index (Phi) is 8.12. The van der Waals surface area contributed by atoms with Crippen LogP contribution in [0.4, 0.5) is 5.69 Å². The van der Waals surface area contributed by atoms with Gasteiger partial charge in [0.05, 0.1) is 23.7 Å². The van der Waals surface area contributed by atoms with Gasteiger partial charge in [-0.15, -0.1) is 0 Å². The smallest absolute Gasteiger partial charge is 0.343 e. The Morgan fingerprint density at radius 2 is 1.66 bits per heavy atom. The van der Waals surface area contributed by atoms with E-state index in [-0.39, 0.29) is 17.9 Å². The fourth-order valence-corrected chi connectivity index (χ4v) is 3.95. The van der Waals surface area contributed by atoms with E-state index < -0.39 is 44.0 Å². The molecule has 0 atom stereocenters. The third-order valence-corrected chi connectivity index (χ3v) is 6.05. The highest BCUT2D eigenvalue weighted by Crippen LogP contribution is 2.28. The van der Waals surface area contributed by atoms with E-state index in [2.05, 4.69) is 0 Å². The maximum atomic E-state index is 12.5. The van der Waals surface area contributed by atoms with Crippen LogP contribution in [0.2, 0.25) is 0 Å². The second kappa shape index (κ2) is 11.2. The zero-order chi connectivity index (χ0) is 25.4. The van der Waals surface area contributed by atoms with Gasteiger partial charge in [0.2, 0.25) is 10.0 Å². The van der Waals surface area contributed by atoms with Gasteiger partial charge >= 0.3 is 11.9 Å². The molecular formula is C23H20N2O9S. The van der Waals surface area contributed by atoms with Gasteiger partial charge in [-0.25, -0.2) is 13.2 Å². The summed E-state index contributed by atoms with van der Waals surface area (Å²) in [6.45, 7) is -0.926. The fourth-order valence-electron chi connectivity index (χ4n) is 2.83. The van der Waals surface area contributed by atoms with Gasteiger partial charge in [-0.1, -0.05) is 30.3 Å². The van der Waals surface area contributed by atoms with Crippen molar-refractivity contribution in [1.82, 2.24) is 4.72 Å². The predicted octanol–water partition coefficient (Wildman–Crippen LogP) is 2.84. The van der Waals surface area contributed by atoms with Crippen LogP contribution in [0.5, 0.6) is 11.5 Å². The number of rotatable bonds is 10. The summed E-state index contributed by atoms with van der Waals surface area (Å²) in [4.78, 5) is 33.9. The molecule has 0 aliphatic rings. The number of nitrogens with one attached hydrogen (secondary N) is 1. The Hall–Kier alpha value is -4.29. The van der Waals surface area contributed by atoms with Gasteiger partial charge in [0.1, 0.15) is 24.7 Å². The van der Waals surface area contributed by atoms with Crippen LogP contribution in [0, 0.1) is 10.1 Å². The number of sulfonamides is 1. The SMILES string of the molecule is COc1ccc(S(=O)(=O)NCC(=O)OCc2ccc(C(=O)Oc3ccccc3)cc2)c([N+](=O)[O-])c1. The standard InChI is InChI=1S/C23H20N2O9S/c1-32-19-11-12-21(20(13-19)25(28)29)35(30,31)24-14-22(26)33-15-16-7-9-17(10-8-16)23(27)34-18-5-3-2-4-6-18/h2-13,24H,14-15H2,1H3. The van der Waals surface area contributed by atoms with Gasteiger partial charge < -0.3 is 14.2 Å². The first-order chi connectivity index (χ1) is 16.7. The molecule has 0 radical (unpaired) electrons. The Bertz CT molecular complexity index is 1320. The zero-order valence-corrected chi connectivity index (χ0v) is 19.2. The van der Waals surface area contributed by atoms with Crippen molar-refractivity contribution < 1.29 is 37.1 Å². The molecule has 3 aromatic carbocycles. The number of carbonyl (C=O) groups excluding carboxylic acids is 2. The highest BCUT2D eigenvalue weighted by Gasteiger charge is 2.27. The second-order valence-electron chi connectivity index (χ2n) is 6.98. The molecular weight excluding hydrogens is 480 g/mol. The van der Waals surface area contributed by atoms with Gasteiger partial charge in [-0.2, -0.15) is 4.72 Å². The molecule has 0 bridgehead atoms. The summed E-state index contributed by atoms with van der Waals surface area (Å²) in [6.07, 6.45) is 0. The van der Waals surface area contributed by atoms with Crippen LogP contribution >= 0.6 is 0 Å². The number of ether oxygens (including phenoxy) is 3. The second-order valence-corrected chi connectivity index (χ2v) is 8.71. The topological polar surface area (TPSA) is 151 Å². The number of nitro groups is 1. The van der Waals surface area contributed by atoms with E-state index in [0.717, 1.165) is 12.1 Å². The molecule has 0 saturated carbocycles. The van der Waals surface area contributed by atoms with Crippen LogP contribution in [-0.4, -0.2) is 38.9 Å². The molecule has 1 N–H and O–H groups in total. The number of nitrogens with zero attached hydrogens (tertiary/aromatic N) is 1. The van der Waals surface area contributed by atoms with E-state index in [1.807, 2.05) is 4.72 Å². The monoisotopic (exact) mass is 500 g/mol. The summed E-state index contributed by atoms with van der Waals surface area (Å²) >= 11 is 0. The first-order valence-corrected chi connectivity index (χ1v) is 11.5. The number of carbonyl (C=O) groups is 2. The molecule has 0 heterocycles. The summed E-state index contributed by atoms with van der Waals surface area (Å²) in [5.74, 6) is -0.952. The summed E-state index contributed by atoms with van der Waals surface area (Å²) in [5.41, 5.74) is 0.136. The van der Waals surface area contributed by atoms with Crippen LogP contribution in [0.15, 0.2) is 77.7 Å². The number of hydrogen-bond acceptors (Lipinski definition) is 9. The molecule has 3 aromatic rings. The highest BCUT2D eigenvalue weighted by molar-refractivity contribution is 7.89. The third-order valence-electron chi connectivity index (χ3n) is 4.60. The van der Waals surface area contributed by atoms with Crippen molar-refractivity contribution in [3.8, 4) is 11.5 Å². The molecule has 0 aromatic heterocycles. The Balaban J connectivity index is 1.54. The lowest BCUT2D eigenvalue weighted by atomic mass is 10.1. The average Bonchev–Trinajstić information content (AvgIpc) is 2.86. The Labute approximate surface area is 200 Å². The lowest BCUT2D eigenvalue weighted by molar-refractivity contribution is -0.387. The first-order valence-electron chi connectivity index (χ1n) is 10.0. The van der Waals surface area contributed by atoms with Crippen molar-refractivity contribution in [3.05, 3.63) is 94.0 Å². The number of hydrogen-bond donors (Lipinski definition) is 1. The molecule has 0 fully saturated rings. The molecule has 0 spiro atoms.